The average molecular weight is 539 g/mol. The van der Waals surface area contributed by atoms with Gasteiger partial charge in [-0.2, -0.15) is 23.4 Å². The lowest BCUT2D eigenvalue weighted by Crippen LogP contribution is -2.18. The van der Waals surface area contributed by atoms with Crippen molar-refractivity contribution in [3.8, 4) is 0 Å². The second-order valence-electron chi connectivity index (χ2n) is 7.91. The Labute approximate surface area is 201 Å². The molecule has 0 saturated heterocycles. The molecule has 180 valence electrons. The van der Waals surface area contributed by atoms with Gasteiger partial charge in [0.15, 0.2) is 5.69 Å². The molecule has 0 atom stereocenters. The van der Waals surface area contributed by atoms with E-state index in [1.54, 1.807) is 41.2 Å². The van der Waals surface area contributed by atoms with E-state index in [-0.39, 0.29) is 35.2 Å². The Hall–Kier alpha value is -3.15. The highest BCUT2D eigenvalue weighted by Gasteiger charge is 2.41. The van der Waals surface area contributed by atoms with Crippen LogP contribution in [0.25, 0.3) is 0 Å². The Balaban J connectivity index is 1.39. The van der Waals surface area contributed by atoms with Crippen molar-refractivity contribution >= 4 is 39.1 Å². The Morgan fingerprint density at radius 1 is 1.15 bits per heavy atom. The molecule has 0 aliphatic heterocycles. The molecular formula is C22H22BrF3N6O2. The number of amides is 2. The van der Waals surface area contributed by atoms with Crippen LogP contribution >= 0.6 is 15.9 Å². The Bertz CT molecular complexity index is 1220. The molecule has 8 nitrogen and oxygen atoms in total. The SMILES string of the molecule is CCn1nccc1C(=O)Nc1cccc(NC(=O)CCn2nc(C(F)(F)F)c(Br)c2C2CC2)c1. The Kier molecular flexibility index (Phi) is 6.78. The first-order valence-electron chi connectivity index (χ1n) is 10.7. The maximum absolute atomic E-state index is 13.3. The summed E-state index contributed by atoms with van der Waals surface area (Å²) in [7, 11) is 0. The van der Waals surface area contributed by atoms with E-state index < -0.39 is 11.9 Å². The van der Waals surface area contributed by atoms with E-state index in [9.17, 15) is 22.8 Å². The number of alkyl halides is 3. The molecule has 1 fully saturated rings. The molecule has 0 unspecified atom stereocenters. The third-order valence-corrected chi connectivity index (χ3v) is 6.15. The molecule has 1 aliphatic carbocycles. The van der Waals surface area contributed by atoms with Gasteiger partial charge in [-0.1, -0.05) is 6.07 Å². The van der Waals surface area contributed by atoms with Crippen molar-refractivity contribution in [1.29, 1.82) is 0 Å². The van der Waals surface area contributed by atoms with Crippen molar-refractivity contribution in [2.75, 3.05) is 10.6 Å². The first-order chi connectivity index (χ1) is 16.2. The van der Waals surface area contributed by atoms with E-state index >= 15 is 0 Å². The van der Waals surface area contributed by atoms with Crippen molar-refractivity contribution in [3.63, 3.8) is 0 Å². The van der Waals surface area contributed by atoms with Gasteiger partial charge in [-0.15, -0.1) is 0 Å². The number of hydrogen-bond acceptors (Lipinski definition) is 4. The molecule has 1 saturated carbocycles. The van der Waals surface area contributed by atoms with Gasteiger partial charge in [0.05, 0.1) is 16.7 Å². The van der Waals surface area contributed by atoms with Crippen LogP contribution in [-0.4, -0.2) is 31.4 Å². The molecule has 34 heavy (non-hydrogen) atoms. The number of aryl methyl sites for hydroxylation is 2. The third kappa shape index (κ3) is 5.32. The van der Waals surface area contributed by atoms with Crippen LogP contribution in [0.5, 0.6) is 0 Å². The van der Waals surface area contributed by atoms with E-state index in [0.29, 0.717) is 29.3 Å². The van der Waals surface area contributed by atoms with Crippen LogP contribution in [0.15, 0.2) is 41.0 Å². The van der Waals surface area contributed by atoms with E-state index in [2.05, 4.69) is 36.8 Å². The minimum absolute atomic E-state index is 0.0176. The molecular weight excluding hydrogens is 517 g/mol. The molecule has 12 heteroatoms. The number of carbonyl (C=O) groups excluding carboxylic acids is 2. The van der Waals surface area contributed by atoms with Crippen LogP contribution in [0.4, 0.5) is 24.5 Å². The zero-order valence-electron chi connectivity index (χ0n) is 18.2. The smallest absolute Gasteiger partial charge is 0.326 e. The maximum Gasteiger partial charge on any atom is 0.436 e. The zero-order valence-corrected chi connectivity index (χ0v) is 19.8. The minimum Gasteiger partial charge on any atom is -0.326 e. The van der Waals surface area contributed by atoms with Gasteiger partial charge in [0.25, 0.3) is 5.91 Å². The largest absolute Gasteiger partial charge is 0.436 e. The molecule has 2 aromatic heterocycles. The van der Waals surface area contributed by atoms with Crippen molar-refractivity contribution in [3.05, 3.63) is 58.1 Å². The molecule has 2 heterocycles. The molecule has 0 spiro atoms. The summed E-state index contributed by atoms with van der Waals surface area (Å²) in [5, 5.41) is 13.3. The van der Waals surface area contributed by atoms with Crippen molar-refractivity contribution in [2.45, 2.75) is 51.4 Å². The molecule has 3 aromatic rings. The van der Waals surface area contributed by atoms with Gasteiger partial charge in [-0.05, 0) is 60.0 Å². The van der Waals surface area contributed by atoms with Crippen LogP contribution in [0.2, 0.25) is 0 Å². The lowest BCUT2D eigenvalue weighted by Gasteiger charge is -2.10. The van der Waals surface area contributed by atoms with Crippen LogP contribution in [0.1, 0.15) is 54.0 Å². The molecule has 4 rings (SSSR count). The number of halogens is 4. The lowest BCUT2D eigenvalue weighted by atomic mass is 10.2. The summed E-state index contributed by atoms with van der Waals surface area (Å²) in [6.45, 7) is 2.44. The van der Waals surface area contributed by atoms with Crippen molar-refractivity contribution < 1.29 is 22.8 Å². The number of nitrogens with zero attached hydrogens (tertiary/aromatic N) is 4. The summed E-state index contributed by atoms with van der Waals surface area (Å²) in [4.78, 5) is 25.0. The highest BCUT2D eigenvalue weighted by Crippen LogP contribution is 2.47. The second kappa shape index (κ2) is 9.61. The van der Waals surface area contributed by atoms with Gasteiger partial charge < -0.3 is 10.6 Å². The number of carbonyl (C=O) groups is 2. The molecule has 1 aliphatic rings. The zero-order chi connectivity index (χ0) is 24.5. The van der Waals surface area contributed by atoms with E-state index in [4.69, 9.17) is 0 Å². The number of hydrogen-bond donors (Lipinski definition) is 2. The molecule has 2 N–H and O–H groups in total. The lowest BCUT2D eigenvalue weighted by molar-refractivity contribution is -0.142. The standard InChI is InChI=1S/C22H22BrF3N6O2/c1-2-31-16(8-10-27-31)21(34)29-15-5-3-4-14(12-15)28-17(33)9-11-32-19(13-6-7-13)18(23)20(30-32)22(24,25)26/h3-5,8,10,12-13H,2,6-7,9,11H2,1H3,(H,28,33)(H,29,34). The Morgan fingerprint density at radius 2 is 1.85 bits per heavy atom. The average Bonchev–Trinajstić information content (AvgIpc) is 3.37. The van der Waals surface area contributed by atoms with Gasteiger partial charge >= 0.3 is 6.18 Å². The Morgan fingerprint density at radius 3 is 2.50 bits per heavy atom. The topological polar surface area (TPSA) is 93.8 Å². The monoisotopic (exact) mass is 538 g/mol. The molecule has 0 bridgehead atoms. The van der Waals surface area contributed by atoms with Crippen LogP contribution < -0.4 is 10.6 Å². The fourth-order valence-corrected chi connectivity index (χ4v) is 4.46. The van der Waals surface area contributed by atoms with E-state index in [0.717, 1.165) is 12.8 Å². The van der Waals surface area contributed by atoms with Gasteiger partial charge in [0.1, 0.15) is 5.69 Å². The van der Waals surface area contributed by atoms with E-state index in [1.165, 1.54) is 4.68 Å². The summed E-state index contributed by atoms with van der Waals surface area (Å²) in [5.74, 6) is -0.694. The molecule has 2 amide bonds. The number of anilines is 2. The summed E-state index contributed by atoms with van der Waals surface area (Å²) in [5.41, 5.74) is 0.853. The van der Waals surface area contributed by atoms with Gasteiger partial charge in [0.2, 0.25) is 5.91 Å². The van der Waals surface area contributed by atoms with E-state index in [1.807, 2.05) is 6.92 Å². The highest BCUT2D eigenvalue weighted by atomic mass is 79.9. The van der Waals surface area contributed by atoms with Crippen molar-refractivity contribution in [1.82, 2.24) is 19.6 Å². The fraction of sp³-hybridized carbons (Fsp3) is 0.364. The first kappa shape index (κ1) is 24.0. The molecule has 1 aromatic carbocycles. The number of nitrogens with one attached hydrogen (secondary N) is 2. The number of aromatic nitrogens is 4. The highest BCUT2D eigenvalue weighted by molar-refractivity contribution is 9.10. The van der Waals surface area contributed by atoms with Crippen molar-refractivity contribution in [2.24, 2.45) is 0 Å². The predicted molar refractivity (Wildman–Crippen MR) is 122 cm³/mol. The van der Waals surface area contributed by atoms with Gasteiger partial charge in [0, 0.05) is 36.5 Å². The number of rotatable bonds is 8. The second-order valence-corrected chi connectivity index (χ2v) is 8.70. The summed E-state index contributed by atoms with van der Waals surface area (Å²) < 4.78 is 42.6. The fourth-order valence-electron chi connectivity index (χ4n) is 3.63. The minimum atomic E-state index is -4.57. The molecule has 0 radical (unpaired) electrons. The first-order valence-corrected chi connectivity index (χ1v) is 11.5. The van der Waals surface area contributed by atoms with Crippen LogP contribution in [0, 0.1) is 0 Å². The number of benzene rings is 1. The van der Waals surface area contributed by atoms with Crippen LogP contribution in [-0.2, 0) is 24.1 Å². The summed E-state index contributed by atoms with van der Waals surface area (Å²) in [6.07, 6.45) is -1.50. The normalized spacial score (nSPS) is 13.7. The maximum atomic E-state index is 13.3. The predicted octanol–water partition coefficient (Wildman–Crippen LogP) is 5.04. The van der Waals surface area contributed by atoms with Gasteiger partial charge in [-0.3, -0.25) is 19.0 Å². The third-order valence-electron chi connectivity index (χ3n) is 5.37. The summed E-state index contributed by atoms with van der Waals surface area (Å²) >= 11 is 3.05. The van der Waals surface area contributed by atoms with Gasteiger partial charge in [-0.25, -0.2) is 0 Å². The van der Waals surface area contributed by atoms with Crippen LogP contribution in [0.3, 0.4) is 0 Å². The quantitative estimate of drug-likeness (QED) is 0.420. The summed E-state index contributed by atoms with van der Waals surface area (Å²) in [6, 6.07) is 8.23.